The van der Waals surface area contributed by atoms with Crippen molar-refractivity contribution in [1.82, 2.24) is 0 Å². The van der Waals surface area contributed by atoms with Gasteiger partial charge in [0.05, 0.1) is 7.11 Å². The van der Waals surface area contributed by atoms with Crippen molar-refractivity contribution in [2.24, 2.45) is 0 Å². The first kappa shape index (κ1) is 34.4. The Morgan fingerprint density at radius 3 is 2.11 bits per heavy atom. The molecule has 3 aromatic rings. The molecule has 7 nitrogen and oxygen atoms in total. The third kappa shape index (κ3) is 12.3. The Kier molecular flexibility index (Phi) is 15.0. The van der Waals surface area contributed by atoms with Gasteiger partial charge in [0.1, 0.15) is 35.7 Å². The Labute approximate surface area is 261 Å². The standard InChI is InChI=1S/C37H46O7/c1-4-5-6-7-8-9-10-11-15-18-37(40)44-32-22-23-33(36(26-32)42-27-29-16-13-12-14-17-29)34(39)24-20-30-19-21-31(43-28(2)38)25-35(30)41-3/h12-14,16-17,19-26,34,39H,4-11,15,18,27H2,1-3H3. The molecule has 3 aromatic carbocycles. The van der Waals surface area contributed by atoms with E-state index in [9.17, 15) is 14.7 Å². The summed E-state index contributed by atoms with van der Waals surface area (Å²) in [5.41, 5.74) is 2.18. The maximum absolute atomic E-state index is 12.6. The number of aliphatic hydroxyl groups excluding tert-OH is 1. The van der Waals surface area contributed by atoms with Crippen LogP contribution in [0.1, 0.15) is 101 Å². The lowest BCUT2D eigenvalue weighted by Gasteiger charge is -2.16. The molecule has 0 amide bonds. The number of hydrogen-bond donors (Lipinski definition) is 1. The third-order valence-electron chi connectivity index (χ3n) is 7.18. The van der Waals surface area contributed by atoms with Gasteiger partial charge in [-0.1, -0.05) is 101 Å². The van der Waals surface area contributed by atoms with E-state index in [1.807, 2.05) is 30.3 Å². The van der Waals surface area contributed by atoms with Gasteiger partial charge < -0.3 is 24.1 Å². The lowest BCUT2D eigenvalue weighted by molar-refractivity contribution is -0.134. The molecule has 1 unspecified atom stereocenters. The van der Waals surface area contributed by atoms with E-state index in [4.69, 9.17) is 18.9 Å². The van der Waals surface area contributed by atoms with E-state index < -0.39 is 12.1 Å². The van der Waals surface area contributed by atoms with E-state index in [0.717, 1.165) is 24.8 Å². The Bertz CT molecular complexity index is 1330. The minimum absolute atomic E-state index is 0.278. The van der Waals surface area contributed by atoms with E-state index in [2.05, 4.69) is 6.92 Å². The second-order valence-electron chi connectivity index (χ2n) is 10.8. The number of ether oxygens (including phenoxy) is 4. The Hall–Kier alpha value is -4.10. The zero-order valence-corrected chi connectivity index (χ0v) is 26.3. The van der Waals surface area contributed by atoms with Crippen molar-refractivity contribution >= 4 is 18.0 Å². The van der Waals surface area contributed by atoms with Crippen LogP contribution in [-0.2, 0) is 16.2 Å². The van der Waals surface area contributed by atoms with Gasteiger partial charge >= 0.3 is 11.9 Å². The molecule has 0 radical (unpaired) electrons. The molecule has 0 aliphatic rings. The highest BCUT2D eigenvalue weighted by molar-refractivity contribution is 5.72. The molecule has 0 bridgehead atoms. The predicted molar refractivity (Wildman–Crippen MR) is 173 cm³/mol. The van der Waals surface area contributed by atoms with Gasteiger partial charge in [-0.15, -0.1) is 0 Å². The van der Waals surface area contributed by atoms with Gasteiger partial charge in [-0.25, -0.2) is 0 Å². The second-order valence-corrected chi connectivity index (χ2v) is 10.8. The van der Waals surface area contributed by atoms with Gasteiger partial charge in [0.15, 0.2) is 0 Å². The van der Waals surface area contributed by atoms with Crippen LogP contribution in [0.5, 0.6) is 23.0 Å². The quantitative estimate of drug-likeness (QED) is 0.0833. The summed E-state index contributed by atoms with van der Waals surface area (Å²) >= 11 is 0. The first-order valence-electron chi connectivity index (χ1n) is 15.6. The average Bonchev–Trinajstić information content (AvgIpc) is 3.02. The molecule has 44 heavy (non-hydrogen) atoms. The summed E-state index contributed by atoms with van der Waals surface area (Å²) in [4.78, 5) is 23.9. The zero-order chi connectivity index (χ0) is 31.6. The second kappa shape index (κ2) is 19.2. The van der Waals surface area contributed by atoms with E-state index in [-0.39, 0.29) is 12.6 Å². The van der Waals surface area contributed by atoms with Crippen molar-refractivity contribution in [2.45, 2.75) is 90.8 Å². The van der Waals surface area contributed by atoms with Crippen LogP contribution in [0.2, 0.25) is 0 Å². The first-order chi connectivity index (χ1) is 21.4. The molecule has 3 rings (SSSR count). The van der Waals surface area contributed by atoms with Crippen molar-refractivity contribution in [3.63, 3.8) is 0 Å². The summed E-state index contributed by atoms with van der Waals surface area (Å²) in [5, 5.41) is 11.1. The fourth-order valence-corrected chi connectivity index (χ4v) is 4.80. The van der Waals surface area contributed by atoms with Crippen molar-refractivity contribution in [1.29, 1.82) is 0 Å². The molecule has 1 N–H and O–H groups in total. The minimum atomic E-state index is -1.02. The van der Waals surface area contributed by atoms with E-state index in [1.54, 1.807) is 48.6 Å². The lowest BCUT2D eigenvalue weighted by Crippen LogP contribution is -2.08. The van der Waals surface area contributed by atoms with Crippen LogP contribution in [0.4, 0.5) is 0 Å². The maximum atomic E-state index is 12.6. The van der Waals surface area contributed by atoms with Gasteiger partial charge in [-0.2, -0.15) is 0 Å². The fourth-order valence-electron chi connectivity index (χ4n) is 4.80. The highest BCUT2D eigenvalue weighted by Gasteiger charge is 2.15. The van der Waals surface area contributed by atoms with Crippen molar-refractivity contribution in [3.8, 4) is 23.0 Å². The number of aliphatic hydroxyl groups is 1. The summed E-state index contributed by atoms with van der Waals surface area (Å²) < 4.78 is 22.3. The molecule has 0 heterocycles. The number of methoxy groups -OCH3 is 1. The number of hydrogen-bond acceptors (Lipinski definition) is 7. The number of carbonyl (C=O) groups excluding carboxylic acids is 2. The molecule has 1 atom stereocenters. The van der Waals surface area contributed by atoms with Crippen molar-refractivity contribution in [3.05, 3.63) is 89.5 Å². The molecule has 0 spiro atoms. The van der Waals surface area contributed by atoms with E-state index in [0.29, 0.717) is 40.5 Å². The number of esters is 2. The minimum Gasteiger partial charge on any atom is -0.496 e. The number of carbonyl (C=O) groups is 2. The summed E-state index contributed by atoms with van der Waals surface area (Å²) in [6.07, 6.45) is 13.3. The normalized spacial score (nSPS) is 11.7. The van der Waals surface area contributed by atoms with Gasteiger partial charge in [0.25, 0.3) is 0 Å². The molecule has 0 aliphatic heterocycles. The molecule has 236 valence electrons. The molecular formula is C37H46O7. The van der Waals surface area contributed by atoms with Crippen LogP contribution in [0.3, 0.4) is 0 Å². The molecule has 0 aliphatic carbocycles. The highest BCUT2D eigenvalue weighted by Crippen LogP contribution is 2.33. The SMILES string of the molecule is CCCCCCCCCCCC(=O)Oc1ccc(C(O)C=Cc2ccc(OC(C)=O)cc2OC)c(OCc2ccccc2)c1. The van der Waals surface area contributed by atoms with Crippen LogP contribution in [-0.4, -0.2) is 24.2 Å². The number of rotatable bonds is 19. The smallest absolute Gasteiger partial charge is 0.311 e. The number of benzene rings is 3. The highest BCUT2D eigenvalue weighted by atomic mass is 16.5. The Balaban J connectivity index is 1.65. The molecular weight excluding hydrogens is 556 g/mol. The third-order valence-corrected chi connectivity index (χ3v) is 7.18. The topological polar surface area (TPSA) is 91.3 Å². The van der Waals surface area contributed by atoms with Gasteiger partial charge in [0, 0.05) is 36.6 Å². The summed E-state index contributed by atoms with van der Waals surface area (Å²) in [6.45, 7) is 3.84. The van der Waals surface area contributed by atoms with Crippen LogP contribution < -0.4 is 18.9 Å². The molecule has 7 heteroatoms. The van der Waals surface area contributed by atoms with Crippen LogP contribution in [0.25, 0.3) is 6.08 Å². The lowest BCUT2D eigenvalue weighted by atomic mass is 10.1. The van der Waals surface area contributed by atoms with Gasteiger partial charge in [-0.3, -0.25) is 9.59 Å². The average molecular weight is 603 g/mol. The monoisotopic (exact) mass is 602 g/mol. The molecule has 0 saturated carbocycles. The van der Waals surface area contributed by atoms with Gasteiger partial charge in [0.2, 0.25) is 0 Å². The van der Waals surface area contributed by atoms with Crippen molar-refractivity contribution < 1.29 is 33.6 Å². The van der Waals surface area contributed by atoms with Crippen LogP contribution >= 0.6 is 0 Å². The largest absolute Gasteiger partial charge is 0.496 e. The summed E-state index contributed by atoms with van der Waals surface area (Å²) in [6, 6.07) is 19.7. The Morgan fingerprint density at radius 2 is 1.43 bits per heavy atom. The van der Waals surface area contributed by atoms with Crippen molar-refractivity contribution in [2.75, 3.05) is 7.11 Å². The fraction of sp³-hybridized carbons (Fsp3) is 0.405. The van der Waals surface area contributed by atoms with E-state index in [1.165, 1.54) is 52.6 Å². The van der Waals surface area contributed by atoms with Gasteiger partial charge in [-0.05, 0) is 36.2 Å². The molecule has 0 saturated heterocycles. The zero-order valence-electron chi connectivity index (χ0n) is 26.3. The van der Waals surface area contributed by atoms with Crippen LogP contribution in [0, 0.1) is 0 Å². The van der Waals surface area contributed by atoms with E-state index >= 15 is 0 Å². The molecule has 0 fully saturated rings. The number of unbranched alkanes of at least 4 members (excludes halogenated alkanes) is 8. The first-order valence-corrected chi connectivity index (χ1v) is 15.6. The maximum Gasteiger partial charge on any atom is 0.311 e. The summed E-state index contributed by atoms with van der Waals surface area (Å²) in [7, 11) is 1.52. The predicted octanol–water partition coefficient (Wildman–Crippen LogP) is 8.77. The summed E-state index contributed by atoms with van der Waals surface area (Å²) in [5.74, 6) is 0.938. The molecule has 0 aromatic heterocycles. The Morgan fingerprint density at radius 1 is 0.795 bits per heavy atom. The van der Waals surface area contributed by atoms with Crippen LogP contribution in [0.15, 0.2) is 72.8 Å².